The highest BCUT2D eigenvalue weighted by atomic mass is 16.3. The molecule has 0 spiro atoms. The summed E-state index contributed by atoms with van der Waals surface area (Å²) in [7, 11) is 0. The zero-order valence-corrected chi connectivity index (χ0v) is 8.98. The minimum atomic E-state index is 0.00460. The Morgan fingerprint density at radius 1 is 1.12 bits per heavy atom. The van der Waals surface area contributed by atoms with E-state index in [9.17, 15) is 5.11 Å². The molecule has 1 aromatic carbocycles. The first kappa shape index (κ1) is 11.1. The van der Waals surface area contributed by atoms with Gasteiger partial charge in [0.2, 0.25) is 0 Å². The van der Waals surface area contributed by atoms with Crippen molar-refractivity contribution in [2.75, 3.05) is 0 Å². The maximum absolute atomic E-state index is 9.51. The Bertz CT molecular complexity index is 527. The van der Waals surface area contributed by atoms with Crippen LogP contribution in [0.1, 0.15) is 5.56 Å². The molecule has 86 valence electrons. The zero-order valence-electron chi connectivity index (χ0n) is 8.98. The summed E-state index contributed by atoms with van der Waals surface area (Å²) in [6, 6.07) is 9.71. The summed E-state index contributed by atoms with van der Waals surface area (Å²) in [5.41, 5.74) is 0.600. The number of azo groups is 1. The minimum absolute atomic E-state index is 0.00460. The van der Waals surface area contributed by atoms with E-state index in [4.69, 9.17) is 5.11 Å². The van der Waals surface area contributed by atoms with E-state index in [0.29, 0.717) is 11.4 Å². The number of benzene rings is 1. The van der Waals surface area contributed by atoms with Gasteiger partial charge in [0, 0.05) is 17.8 Å². The van der Waals surface area contributed by atoms with Crippen molar-refractivity contribution >= 4 is 5.82 Å². The van der Waals surface area contributed by atoms with Crippen LogP contribution in [0.25, 0.3) is 0 Å². The second-order valence-electron chi connectivity index (χ2n) is 3.40. The van der Waals surface area contributed by atoms with Crippen molar-refractivity contribution in [3.8, 4) is 11.5 Å². The quantitative estimate of drug-likeness (QED) is 0.794. The second kappa shape index (κ2) is 5.07. The summed E-state index contributed by atoms with van der Waals surface area (Å²) < 4.78 is 0. The molecule has 2 rings (SSSR count). The van der Waals surface area contributed by atoms with Crippen LogP contribution in [0.3, 0.4) is 0 Å². The van der Waals surface area contributed by atoms with Crippen LogP contribution in [0.15, 0.2) is 52.8 Å². The highest BCUT2D eigenvalue weighted by Gasteiger charge is 2.00. The lowest BCUT2D eigenvalue weighted by molar-refractivity contribution is 0.446. The van der Waals surface area contributed by atoms with Gasteiger partial charge in [-0.2, -0.15) is 5.11 Å². The first-order chi connectivity index (χ1) is 8.25. The Morgan fingerprint density at radius 3 is 2.71 bits per heavy atom. The summed E-state index contributed by atoms with van der Waals surface area (Å²) >= 11 is 0. The van der Waals surface area contributed by atoms with Gasteiger partial charge in [-0.25, -0.2) is 4.98 Å². The molecule has 17 heavy (non-hydrogen) atoms. The Labute approximate surface area is 98.1 Å². The Morgan fingerprint density at radius 2 is 2.00 bits per heavy atom. The lowest BCUT2D eigenvalue weighted by Gasteiger charge is -2.00. The van der Waals surface area contributed by atoms with Crippen molar-refractivity contribution in [3.05, 3.63) is 48.2 Å². The van der Waals surface area contributed by atoms with E-state index in [0.717, 1.165) is 0 Å². The largest absolute Gasteiger partial charge is 0.508 e. The van der Waals surface area contributed by atoms with Crippen LogP contribution in [0.4, 0.5) is 5.82 Å². The van der Waals surface area contributed by atoms with Gasteiger partial charge in [-0.1, -0.05) is 6.07 Å². The number of aromatic hydroxyl groups is 2. The van der Waals surface area contributed by atoms with Crippen LogP contribution < -0.4 is 0 Å². The summed E-state index contributed by atoms with van der Waals surface area (Å²) in [4.78, 5) is 3.98. The van der Waals surface area contributed by atoms with Gasteiger partial charge in [0.1, 0.15) is 11.5 Å². The third kappa shape index (κ3) is 3.01. The van der Waals surface area contributed by atoms with Gasteiger partial charge in [-0.15, -0.1) is 5.11 Å². The Balaban J connectivity index is 2.05. The van der Waals surface area contributed by atoms with Crippen LogP contribution in [-0.4, -0.2) is 15.2 Å². The molecule has 1 aromatic heterocycles. The predicted octanol–water partition coefficient (Wildman–Crippen LogP) is 2.78. The molecular formula is C12H11N3O2. The maximum Gasteiger partial charge on any atom is 0.173 e. The molecule has 0 aliphatic rings. The number of nitrogens with zero attached hydrogens (tertiary/aromatic N) is 3. The molecule has 1 heterocycles. The van der Waals surface area contributed by atoms with Crippen molar-refractivity contribution < 1.29 is 10.2 Å². The van der Waals surface area contributed by atoms with E-state index >= 15 is 0 Å². The van der Waals surface area contributed by atoms with Gasteiger partial charge in [-0.3, -0.25) is 0 Å². The normalized spacial score (nSPS) is 10.8. The SMILES string of the molecule is Oc1ccc(CN=Nc2ccccn2)c(O)c1. The first-order valence-electron chi connectivity index (χ1n) is 5.05. The van der Waals surface area contributed by atoms with Crippen molar-refractivity contribution in [1.82, 2.24) is 4.98 Å². The van der Waals surface area contributed by atoms with Crippen molar-refractivity contribution in [3.63, 3.8) is 0 Å². The average Bonchev–Trinajstić information content (AvgIpc) is 2.33. The molecule has 5 heteroatoms. The van der Waals surface area contributed by atoms with E-state index in [1.807, 2.05) is 6.07 Å². The van der Waals surface area contributed by atoms with Crippen LogP contribution in [-0.2, 0) is 6.54 Å². The number of rotatable bonds is 3. The molecule has 0 saturated carbocycles. The number of aromatic nitrogens is 1. The zero-order chi connectivity index (χ0) is 12.1. The fourth-order valence-electron chi connectivity index (χ4n) is 1.28. The summed E-state index contributed by atoms with van der Waals surface area (Å²) in [6.07, 6.45) is 1.63. The minimum Gasteiger partial charge on any atom is -0.508 e. The number of phenols is 2. The average molecular weight is 229 g/mol. The van der Waals surface area contributed by atoms with E-state index in [1.54, 1.807) is 24.4 Å². The van der Waals surface area contributed by atoms with Crippen LogP contribution in [0, 0.1) is 0 Å². The highest BCUT2D eigenvalue weighted by molar-refractivity contribution is 5.38. The van der Waals surface area contributed by atoms with Gasteiger partial charge >= 0.3 is 0 Å². The molecule has 0 aliphatic carbocycles. The molecule has 0 bridgehead atoms. The number of hydrogen-bond donors (Lipinski definition) is 2. The monoisotopic (exact) mass is 229 g/mol. The Kier molecular flexibility index (Phi) is 3.30. The molecular weight excluding hydrogens is 218 g/mol. The highest BCUT2D eigenvalue weighted by Crippen LogP contribution is 2.23. The fourth-order valence-corrected chi connectivity index (χ4v) is 1.28. The van der Waals surface area contributed by atoms with E-state index in [-0.39, 0.29) is 18.0 Å². The number of hydrogen-bond acceptors (Lipinski definition) is 5. The molecule has 0 unspecified atom stereocenters. The van der Waals surface area contributed by atoms with Crippen molar-refractivity contribution in [1.29, 1.82) is 0 Å². The fraction of sp³-hybridized carbons (Fsp3) is 0.0833. The smallest absolute Gasteiger partial charge is 0.173 e. The van der Waals surface area contributed by atoms with Crippen molar-refractivity contribution in [2.24, 2.45) is 10.2 Å². The Hall–Kier alpha value is -2.43. The summed E-state index contributed by atoms with van der Waals surface area (Å²) in [6.45, 7) is 0.239. The molecule has 0 saturated heterocycles. The molecule has 0 amide bonds. The van der Waals surface area contributed by atoms with Crippen LogP contribution in [0.2, 0.25) is 0 Å². The maximum atomic E-state index is 9.51. The molecule has 2 N–H and O–H groups in total. The lowest BCUT2D eigenvalue weighted by atomic mass is 10.2. The van der Waals surface area contributed by atoms with Crippen LogP contribution >= 0.6 is 0 Å². The molecule has 2 aromatic rings. The van der Waals surface area contributed by atoms with Gasteiger partial charge in [-0.05, 0) is 24.3 Å². The predicted molar refractivity (Wildman–Crippen MR) is 62.2 cm³/mol. The summed E-state index contributed by atoms with van der Waals surface area (Å²) in [5.74, 6) is 0.545. The van der Waals surface area contributed by atoms with Gasteiger partial charge < -0.3 is 10.2 Å². The molecule has 0 radical (unpaired) electrons. The lowest BCUT2D eigenvalue weighted by Crippen LogP contribution is -1.81. The summed E-state index contributed by atoms with van der Waals surface area (Å²) in [5, 5.41) is 26.5. The van der Waals surface area contributed by atoms with Gasteiger partial charge in [0.15, 0.2) is 5.82 Å². The van der Waals surface area contributed by atoms with E-state index in [1.165, 1.54) is 12.1 Å². The first-order valence-corrected chi connectivity index (χ1v) is 5.05. The third-order valence-corrected chi connectivity index (χ3v) is 2.13. The van der Waals surface area contributed by atoms with Crippen molar-refractivity contribution in [2.45, 2.75) is 6.54 Å². The molecule has 0 fully saturated rings. The standard InChI is InChI=1S/C12H11N3O2/c16-10-5-4-9(11(17)7-10)8-14-15-12-3-1-2-6-13-12/h1-7,16-17H,8H2. The molecule has 5 nitrogen and oxygen atoms in total. The van der Waals surface area contributed by atoms with Gasteiger partial charge in [0.05, 0.1) is 6.54 Å². The number of phenolic OH excluding ortho intramolecular Hbond substituents is 2. The molecule has 0 aliphatic heterocycles. The van der Waals surface area contributed by atoms with Gasteiger partial charge in [0.25, 0.3) is 0 Å². The van der Waals surface area contributed by atoms with E-state index < -0.39 is 0 Å². The third-order valence-electron chi connectivity index (χ3n) is 2.13. The number of pyridine rings is 1. The van der Waals surface area contributed by atoms with E-state index in [2.05, 4.69) is 15.2 Å². The second-order valence-corrected chi connectivity index (χ2v) is 3.40. The van der Waals surface area contributed by atoms with Crippen LogP contribution in [0.5, 0.6) is 11.5 Å². The topological polar surface area (TPSA) is 78.1 Å². The molecule has 0 atom stereocenters.